The van der Waals surface area contributed by atoms with Gasteiger partial charge in [0, 0.05) is 38.6 Å². The van der Waals surface area contributed by atoms with Crippen molar-refractivity contribution in [2.24, 2.45) is 5.41 Å². The number of amides is 2. The number of likely N-dealkylation sites (tertiary alicyclic amines) is 1. The lowest BCUT2D eigenvalue weighted by Gasteiger charge is -2.54. The molecule has 2 fully saturated rings. The van der Waals surface area contributed by atoms with E-state index in [1.54, 1.807) is 19.3 Å². The quantitative estimate of drug-likeness (QED) is 0.876. The third-order valence-electron chi connectivity index (χ3n) is 5.10. The minimum Gasteiger partial charge on any atom is -0.444 e. The lowest BCUT2D eigenvalue weighted by molar-refractivity contribution is 0.00597. The summed E-state index contributed by atoms with van der Waals surface area (Å²) in [4.78, 5) is 32.1. The van der Waals surface area contributed by atoms with Crippen molar-refractivity contribution >= 4 is 17.7 Å². The highest BCUT2D eigenvalue weighted by atomic mass is 16.6. The Kier molecular flexibility index (Phi) is 4.82. The Bertz CT molecular complexity index is 665. The van der Waals surface area contributed by atoms with E-state index in [0.717, 1.165) is 44.7 Å². The van der Waals surface area contributed by atoms with Gasteiger partial charge in [-0.05, 0) is 45.7 Å². The molecule has 7 heteroatoms. The summed E-state index contributed by atoms with van der Waals surface area (Å²) < 4.78 is 5.46. The number of piperidine rings is 1. The van der Waals surface area contributed by atoms with Gasteiger partial charge in [-0.3, -0.25) is 4.79 Å². The topological polar surface area (TPSA) is 74.8 Å². The molecule has 2 aliphatic rings. The minimum atomic E-state index is -0.451. The Hall–Kier alpha value is -2.31. The van der Waals surface area contributed by atoms with Gasteiger partial charge in [0.05, 0.1) is 11.9 Å². The van der Waals surface area contributed by atoms with E-state index in [9.17, 15) is 9.59 Å². The van der Waals surface area contributed by atoms with Gasteiger partial charge in [-0.2, -0.15) is 0 Å². The number of carbonyl (C=O) groups is 2. The molecule has 0 radical (unpaired) electrons. The molecular weight excluding hydrogens is 332 g/mol. The molecule has 1 spiro atoms. The molecule has 1 aromatic heterocycles. The molecule has 142 valence electrons. The Balaban J connectivity index is 1.51. The van der Waals surface area contributed by atoms with Gasteiger partial charge in [0.1, 0.15) is 11.3 Å². The van der Waals surface area contributed by atoms with Gasteiger partial charge in [-0.15, -0.1) is 0 Å². The predicted molar refractivity (Wildman–Crippen MR) is 99.3 cm³/mol. The molecule has 3 rings (SSSR count). The number of aromatic nitrogens is 1. The summed E-state index contributed by atoms with van der Waals surface area (Å²) in [7, 11) is 1.60. The molecule has 1 N–H and O–H groups in total. The van der Waals surface area contributed by atoms with Crippen LogP contribution in [0.3, 0.4) is 0 Å². The van der Waals surface area contributed by atoms with Gasteiger partial charge in [0.2, 0.25) is 0 Å². The highest BCUT2D eigenvalue weighted by Gasteiger charge is 2.46. The van der Waals surface area contributed by atoms with Crippen LogP contribution < -0.4 is 10.2 Å². The molecule has 0 atom stereocenters. The number of hydrogen-bond acceptors (Lipinski definition) is 5. The molecular formula is C19H28N4O3. The summed E-state index contributed by atoms with van der Waals surface area (Å²) in [6.45, 7) is 9.11. The van der Waals surface area contributed by atoms with Crippen LogP contribution in [0.1, 0.15) is 44.1 Å². The van der Waals surface area contributed by atoms with Crippen LogP contribution in [-0.2, 0) is 4.74 Å². The third-order valence-corrected chi connectivity index (χ3v) is 5.10. The van der Waals surface area contributed by atoms with Crippen LogP contribution in [0.2, 0.25) is 0 Å². The number of pyridine rings is 1. The first-order valence-corrected chi connectivity index (χ1v) is 9.12. The molecule has 2 amide bonds. The highest BCUT2D eigenvalue weighted by Crippen LogP contribution is 2.42. The summed E-state index contributed by atoms with van der Waals surface area (Å²) in [5, 5.41) is 2.57. The summed E-state index contributed by atoms with van der Waals surface area (Å²) in [6, 6.07) is 3.70. The summed E-state index contributed by atoms with van der Waals surface area (Å²) in [5.41, 5.74) is 1.29. The summed E-state index contributed by atoms with van der Waals surface area (Å²) in [6.07, 6.45) is 3.53. The van der Waals surface area contributed by atoms with Gasteiger partial charge in [0.25, 0.3) is 5.91 Å². The van der Waals surface area contributed by atoms with Crippen LogP contribution in [-0.4, -0.2) is 60.7 Å². The predicted octanol–water partition coefficient (Wildman–Crippen LogP) is 2.28. The van der Waals surface area contributed by atoms with E-state index in [2.05, 4.69) is 15.2 Å². The van der Waals surface area contributed by atoms with E-state index in [1.165, 1.54) is 0 Å². The van der Waals surface area contributed by atoms with Crippen molar-refractivity contribution in [2.75, 3.05) is 38.1 Å². The highest BCUT2D eigenvalue weighted by molar-refractivity contribution is 5.92. The van der Waals surface area contributed by atoms with Crippen molar-refractivity contribution < 1.29 is 14.3 Å². The van der Waals surface area contributed by atoms with Gasteiger partial charge in [0.15, 0.2) is 0 Å². The minimum absolute atomic E-state index is 0.175. The second kappa shape index (κ2) is 6.78. The fourth-order valence-corrected chi connectivity index (χ4v) is 3.59. The van der Waals surface area contributed by atoms with E-state index in [-0.39, 0.29) is 17.4 Å². The number of hydrogen-bond donors (Lipinski definition) is 1. The number of rotatable bonds is 2. The Labute approximate surface area is 154 Å². The second-order valence-electron chi connectivity index (χ2n) is 8.30. The standard InChI is InChI=1S/C19H28N4O3/c1-18(2,3)26-17(25)22-9-7-19(8-10-22)12-23(13-19)14-5-6-15(21-11-14)16(24)20-4/h5-6,11H,7-10,12-13H2,1-4H3,(H,20,24). The van der Waals surface area contributed by atoms with Crippen molar-refractivity contribution in [2.45, 2.75) is 39.2 Å². The zero-order valence-electron chi connectivity index (χ0n) is 16.0. The number of nitrogens with zero attached hydrogens (tertiary/aromatic N) is 3. The molecule has 2 saturated heterocycles. The van der Waals surface area contributed by atoms with Crippen molar-refractivity contribution in [3.8, 4) is 0 Å². The molecule has 0 saturated carbocycles. The molecule has 7 nitrogen and oxygen atoms in total. The number of carbonyl (C=O) groups excluding carboxylic acids is 2. The fourth-order valence-electron chi connectivity index (χ4n) is 3.59. The van der Waals surface area contributed by atoms with E-state index in [1.807, 2.05) is 31.7 Å². The monoisotopic (exact) mass is 360 g/mol. The van der Waals surface area contributed by atoms with Crippen LogP contribution in [0.5, 0.6) is 0 Å². The maximum atomic E-state index is 12.2. The molecule has 3 heterocycles. The second-order valence-corrected chi connectivity index (χ2v) is 8.30. The smallest absolute Gasteiger partial charge is 0.410 e. The first-order valence-electron chi connectivity index (χ1n) is 9.12. The number of nitrogens with one attached hydrogen (secondary N) is 1. The number of anilines is 1. The van der Waals surface area contributed by atoms with Gasteiger partial charge >= 0.3 is 6.09 Å². The first kappa shape index (κ1) is 18.5. The lowest BCUT2D eigenvalue weighted by atomic mass is 9.72. The third kappa shape index (κ3) is 3.92. The Morgan fingerprint density at radius 2 is 1.85 bits per heavy atom. The first-order chi connectivity index (χ1) is 12.2. The maximum Gasteiger partial charge on any atom is 0.410 e. The van der Waals surface area contributed by atoms with E-state index < -0.39 is 5.60 Å². The summed E-state index contributed by atoms with van der Waals surface area (Å²) in [5.74, 6) is -0.175. The van der Waals surface area contributed by atoms with Crippen molar-refractivity contribution in [3.63, 3.8) is 0 Å². The van der Waals surface area contributed by atoms with Crippen LogP contribution in [0, 0.1) is 5.41 Å². The SMILES string of the molecule is CNC(=O)c1ccc(N2CC3(CCN(C(=O)OC(C)(C)C)CC3)C2)cn1. The zero-order valence-corrected chi connectivity index (χ0v) is 16.0. The van der Waals surface area contributed by atoms with Crippen LogP contribution >= 0.6 is 0 Å². The van der Waals surface area contributed by atoms with Gasteiger partial charge < -0.3 is 19.9 Å². The Morgan fingerprint density at radius 3 is 2.35 bits per heavy atom. The van der Waals surface area contributed by atoms with Crippen molar-refractivity contribution in [1.29, 1.82) is 0 Å². The van der Waals surface area contributed by atoms with Crippen molar-refractivity contribution in [3.05, 3.63) is 24.0 Å². The molecule has 2 aliphatic heterocycles. The van der Waals surface area contributed by atoms with Crippen LogP contribution in [0.15, 0.2) is 18.3 Å². The lowest BCUT2D eigenvalue weighted by Crippen LogP contribution is -2.61. The fraction of sp³-hybridized carbons (Fsp3) is 0.632. The summed E-state index contributed by atoms with van der Waals surface area (Å²) >= 11 is 0. The van der Waals surface area contributed by atoms with E-state index >= 15 is 0 Å². The molecule has 0 unspecified atom stereocenters. The molecule has 26 heavy (non-hydrogen) atoms. The largest absolute Gasteiger partial charge is 0.444 e. The van der Waals surface area contributed by atoms with Gasteiger partial charge in [-0.1, -0.05) is 0 Å². The number of ether oxygens (including phenoxy) is 1. The molecule has 0 aromatic carbocycles. The van der Waals surface area contributed by atoms with Gasteiger partial charge in [-0.25, -0.2) is 9.78 Å². The maximum absolute atomic E-state index is 12.2. The van der Waals surface area contributed by atoms with Crippen LogP contribution in [0.4, 0.5) is 10.5 Å². The Morgan fingerprint density at radius 1 is 1.19 bits per heavy atom. The molecule has 1 aromatic rings. The molecule has 0 aliphatic carbocycles. The van der Waals surface area contributed by atoms with E-state index in [0.29, 0.717) is 5.69 Å². The average molecular weight is 360 g/mol. The van der Waals surface area contributed by atoms with Crippen molar-refractivity contribution in [1.82, 2.24) is 15.2 Å². The van der Waals surface area contributed by atoms with Crippen LogP contribution in [0.25, 0.3) is 0 Å². The molecule has 0 bridgehead atoms. The zero-order chi connectivity index (χ0) is 18.9. The van der Waals surface area contributed by atoms with E-state index in [4.69, 9.17) is 4.74 Å². The normalized spacial score (nSPS) is 19.1. The average Bonchev–Trinajstić information content (AvgIpc) is 2.58.